The molecular weight excluding hydrogens is 130 g/mol. The van der Waals surface area contributed by atoms with Crippen molar-refractivity contribution in [2.75, 3.05) is 0 Å². The van der Waals surface area contributed by atoms with Crippen LogP contribution >= 0.6 is 0 Å². The third-order valence-corrected chi connectivity index (χ3v) is 0.854. The van der Waals surface area contributed by atoms with E-state index in [-0.39, 0.29) is 5.91 Å². The molecule has 0 aromatic carbocycles. The molecule has 0 aromatic heterocycles. The Hall–Kier alpha value is -1.45. The van der Waals surface area contributed by atoms with Gasteiger partial charge >= 0.3 is 5.96 Å². The molecule has 1 aliphatic heterocycles. The van der Waals surface area contributed by atoms with E-state index in [1.165, 1.54) is 6.92 Å². The first-order chi connectivity index (χ1) is 4.79. The summed E-state index contributed by atoms with van der Waals surface area (Å²) in [6, 6.07) is 0. The summed E-state index contributed by atoms with van der Waals surface area (Å²) in [5, 5.41) is 2.44. The molecule has 0 atom stereocenters. The molecule has 0 aromatic rings. The molecule has 0 bridgehead atoms. The maximum absolute atomic E-state index is 10.4. The van der Waals surface area contributed by atoms with E-state index in [4.69, 9.17) is 0 Å². The molecule has 51 valence electrons. The highest BCUT2D eigenvalue weighted by Gasteiger charge is 2.09. The highest BCUT2D eigenvalue weighted by molar-refractivity contribution is 6.00. The highest BCUT2D eigenvalue weighted by Crippen LogP contribution is 1.78. The lowest BCUT2D eigenvalue weighted by Gasteiger charge is -1.88. The number of hydrogen-bond donors (Lipinski definition) is 1. The molecule has 0 fully saturated rings. The van der Waals surface area contributed by atoms with E-state index in [0.717, 1.165) is 0 Å². The van der Waals surface area contributed by atoms with Gasteiger partial charge in [-0.15, -0.1) is 0 Å². The average molecular weight is 137 g/mol. The Morgan fingerprint density at radius 1 is 1.80 bits per heavy atom. The van der Waals surface area contributed by atoms with Gasteiger partial charge in [-0.05, 0) is 0 Å². The lowest BCUT2D eigenvalue weighted by atomic mass is 10.6. The molecule has 4 heteroatoms. The molecule has 0 saturated carbocycles. The summed E-state index contributed by atoms with van der Waals surface area (Å²) in [7, 11) is 0. The van der Waals surface area contributed by atoms with Crippen LogP contribution in [0.3, 0.4) is 0 Å². The molecule has 1 N–H and O–H groups in total. The lowest BCUT2D eigenvalue weighted by Crippen LogP contribution is -2.32. The number of hydrogen-bond acceptors (Lipinski definition) is 3. The van der Waals surface area contributed by atoms with Crippen molar-refractivity contribution in [1.29, 1.82) is 0 Å². The molecule has 1 rings (SSSR count). The van der Waals surface area contributed by atoms with Gasteiger partial charge in [-0.3, -0.25) is 4.79 Å². The van der Waals surface area contributed by atoms with Crippen LogP contribution in [0.1, 0.15) is 6.92 Å². The van der Waals surface area contributed by atoms with Crippen LogP contribution in [0.15, 0.2) is 17.3 Å². The van der Waals surface area contributed by atoms with Gasteiger partial charge in [0, 0.05) is 13.0 Å². The van der Waals surface area contributed by atoms with Crippen LogP contribution in [-0.4, -0.2) is 18.1 Å². The Morgan fingerprint density at radius 2 is 2.60 bits per heavy atom. The monoisotopic (exact) mass is 137 g/mol. The first kappa shape index (κ1) is 6.67. The molecule has 1 radical (unpaired) electrons. The van der Waals surface area contributed by atoms with Crippen molar-refractivity contribution in [2.24, 2.45) is 4.99 Å². The van der Waals surface area contributed by atoms with Gasteiger partial charge in [0.15, 0.2) is 0 Å². The molecule has 0 spiro atoms. The van der Waals surface area contributed by atoms with Crippen LogP contribution in [0.25, 0.3) is 0 Å². The van der Waals surface area contributed by atoms with Crippen LogP contribution in [0.2, 0.25) is 0 Å². The molecule has 1 heterocycles. The minimum absolute atomic E-state index is 0.161. The molecule has 4 nitrogen and oxygen atoms in total. The van der Waals surface area contributed by atoms with Crippen molar-refractivity contribution in [1.82, 2.24) is 10.3 Å². The summed E-state index contributed by atoms with van der Waals surface area (Å²) >= 11 is 0. The maximum Gasteiger partial charge on any atom is 0.432 e. The number of allylic oxidation sites excluding steroid dienone is 1. The van der Waals surface area contributed by atoms with Gasteiger partial charge in [0.25, 0.3) is 5.91 Å². The lowest BCUT2D eigenvalue weighted by molar-refractivity contribution is -0.117. The maximum atomic E-state index is 10.4. The molecule has 10 heavy (non-hydrogen) atoms. The number of nitrogens with one attached hydrogen (secondary N) is 1. The Labute approximate surface area is 58.4 Å². The fraction of sp³-hybridized carbons (Fsp3) is 0.167. The number of carbonyl (C=O) groups is 1. The van der Waals surface area contributed by atoms with Gasteiger partial charge < -0.3 is 0 Å². The van der Waals surface area contributed by atoms with Gasteiger partial charge in [-0.1, -0.05) is 9.98 Å². The second-order valence-corrected chi connectivity index (χ2v) is 1.75. The molecular formula is C6H7N3O+. The summed E-state index contributed by atoms with van der Waals surface area (Å²) in [6.07, 6.45) is 4.82. The molecule has 0 aliphatic carbocycles. The number of nitrogens with zero attached hydrogens (tertiary/aromatic N) is 2. The predicted molar refractivity (Wildman–Crippen MR) is 38.6 cm³/mol. The van der Waals surface area contributed by atoms with E-state index in [2.05, 4.69) is 15.3 Å². The van der Waals surface area contributed by atoms with E-state index in [0.29, 0.717) is 5.96 Å². The SMILES string of the molecule is CC(=O)NC1=NC=CC=[N+]1. The third kappa shape index (κ3) is 1.81. The fourth-order valence-corrected chi connectivity index (χ4v) is 0.521. The largest absolute Gasteiger partial charge is 0.432 e. The van der Waals surface area contributed by atoms with Crippen LogP contribution in [0, 0.1) is 0 Å². The number of guanidine groups is 1. The zero-order chi connectivity index (χ0) is 7.40. The summed E-state index contributed by atoms with van der Waals surface area (Å²) in [6.45, 7) is 1.41. The van der Waals surface area contributed by atoms with Gasteiger partial charge in [-0.25, -0.2) is 5.32 Å². The standard InChI is InChI=1S/C6H7N3O/c1-5(10)9-6-7-3-2-4-8-6/h2-4H,1H3,(H,7,9,10)/q+1. The van der Waals surface area contributed by atoms with Gasteiger partial charge in [0.2, 0.25) is 0 Å². The minimum Gasteiger partial charge on any atom is -0.257 e. The average Bonchev–Trinajstić information content (AvgIpc) is 1.88. The van der Waals surface area contributed by atoms with Crippen LogP contribution in [-0.2, 0) is 4.79 Å². The molecule has 0 unspecified atom stereocenters. The summed E-state index contributed by atoms with van der Waals surface area (Å²) in [4.78, 5) is 18.0. The van der Waals surface area contributed by atoms with Crippen LogP contribution < -0.4 is 10.3 Å². The summed E-state index contributed by atoms with van der Waals surface area (Å²) in [5.41, 5.74) is 0. The van der Waals surface area contributed by atoms with Crippen molar-refractivity contribution in [3.8, 4) is 0 Å². The van der Waals surface area contributed by atoms with E-state index in [1.54, 1.807) is 18.5 Å². The Balaban J connectivity index is 2.58. The van der Waals surface area contributed by atoms with Crippen molar-refractivity contribution in [3.63, 3.8) is 0 Å². The number of carbonyl (C=O) groups excluding carboxylic acids is 1. The Morgan fingerprint density at radius 3 is 3.10 bits per heavy atom. The normalized spacial score (nSPS) is 14.7. The molecule has 1 aliphatic rings. The van der Waals surface area contributed by atoms with Gasteiger partial charge in [0.1, 0.15) is 12.4 Å². The zero-order valence-electron chi connectivity index (χ0n) is 5.53. The quantitative estimate of drug-likeness (QED) is 0.476. The fourth-order valence-electron chi connectivity index (χ4n) is 0.521. The molecule has 0 saturated heterocycles. The first-order valence-corrected chi connectivity index (χ1v) is 2.83. The van der Waals surface area contributed by atoms with Crippen molar-refractivity contribution in [2.45, 2.75) is 6.92 Å². The predicted octanol–water partition coefficient (Wildman–Crippen LogP) is -0.588. The number of amides is 1. The number of rotatable bonds is 0. The summed E-state index contributed by atoms with van der Waals surface area (Å²) < 4.78 is 0. The molecule has 1 amide bonds. The van der Waals surface area contributed by atoms with E-state index < -0.39 is 0 Å². The third-order valence-electron chi connectivity index (χ3n) is 0.854. The van der Waals surface area contributed by atoms with E-state index in [9.17, 15) is 4.79 Å². The smallest absolute Gasteiger partial charge is 0.257 e. The van der Waals surface area contributed by atoms with Crippen molar-refractivity contribution >= 4 is 18.1 Å². The topological polar surface area (TPSA) is 55.6 Å². The second-order valence-electron chi connectivity index (χ2n) is 1.75. The zero-order valence-corrected chi connectivity index (χ0v) is 5.53. The highest BCUT2D eigenvalue weighted by atomic mass is 16.1. The van der Waals surface area contributed by atoms with Crippen molar-refractivity contribution < 1.29 is 4.79 Å². The van der Waals surface area contributed by atoms with Gasteiger partial charge in [0.05, 0.1) is 0 Å². The van der Waals surface area contributed by atoms with Crippen molar-refractivity contribution in [3.05, 3.63) is 12.3 Å². The van der Waals surface area contributed by atoms with Gasteiger partial charge in [-0.2, -0.15) is 0 Å². The first-order valence-electron chi connectivity index (χ1n) is 2.83. The Kier molecular flexibility index (Phi) is 1.94. The summed E-state index contributed by atoms with van der Waals surface area (Å²) in [5.74, 6) is 0.182. The number of aliphatic imine (C=N–C) groups is 2. The Bertz CT molecular complexity index is 227. The minimum atomic E-state index is -0.161. The van der Waals surface area contributed by atoms with Crippen LogP contribution in [0.5, 0.6) is 0 Å². The van der Waals surface area contributed by atoms with Crippen LogP contribution in [0.4, 0.5) is 0 Å². The second kappa shape index (κ2) is 2.91. The van der Waals surface area contributed by atoms with E-state index in [1.807, 2.05) is 0 Å². The van der Waals surface area contributed by atoms with E-state index >= 15 is 0 Å².